The Labute approximate surface area is 140 Å². The number of carboxylic acids is 2. The lowest BCUT2D eigenvalue weighted by atomic mass is 10.1. The number of aliphatic carboxylic acids is 2. The smallest absolute Gasteiger partial charge is 0.303 e. The molecule has 0 atom stereocenters. The van der Waals surface area contributed by atoms with Crippen molar-refractivity contribution in [2.24, 2.45) is 11.5 Å². The highest BCUT2D eigenvalue weighted by atomic mass is 16.4. The van der Waals surface area contributed by atoms with Crippen molar-refractivity contribution in [3.8, 4) is 0 Å². The van der Waals surface area contributed by atoms with Crippen LogP contribution in [0, 0.1) is 0 Å². The Morgan fingerprint density at radius 3 is 1.09 bits per heavy atom. The van der Waals surface area contributed by atoms with Gasteiger partial charge in [-0.2, -0.15) is 0 Å². The number of hydrogen-bond donors (Lipinski definition) is 4. The maximum Gasteiger partial charge on any atom is 0.303 e. The highest BCUT2D eigenvalue weighted by Crippen LogP contribution is 2.09. The normalized spacial score (nSPS) is 10.0. The van der Waals surface area contributed by atoms with Crippen LogP contribution in [0.4, 0.5) is 0 Å². The second kappa shape index (κ2) is 20.9. The van der Waals surface area contributed by atoms with E-state index >= 15 is 0 Å². The van der Waals surface area contributed by atoms with Crippen molar-refractivity contribution in [1.82, 2.24) is 0 Å². The molecule has 23 heavy (non-hydrogen) atoms. The third-order valence-electron chi connectivity index (χ3n) is 3.44. The van der Waals surface area contributed by atoms with Crippen molar-refractivity contribution >= 4 is 11.9 Å². The van der Waals surface area contributed by atoms with Crippen molar-refractivity contribution in [2.75, 3.05) is 13.1 Å². The molecule has 0 fully saturated rings. The van der Waals surface area contributed by atoms with E-state index in [4.69, 9.17) is 21.7 Å². The van der Waals surface area contributed by atoms with Crippen LogP contribution in [0.15, 0.2) is 0 Å². The molecular formula is C17H36N2O4. The van der Waals surface area contributed by atoms with Gasteiger partial charge in [0.05, 0.1) is 0 Å². The molecule has 0 rings (SSSR count). The summed E-state index contributed by atoms with van der Waals surface area (Å²) in [6.07, 6.45) is 12.5. The first kappa shape index (κ1) is 24.1. The van der Waals surface area contributed by atoms with Crippen LogP contribution < -0.4 is 11.5 Å². The van der Waals surface area contributed by atoms with E-state index in [2.05, 4.69) is 0 Å². The molecule has 0 aromatic carbocycles. The largest absolute Gasteiger partial charge is 0.481 e. The molecule has 6 N–H and O–H groups in total. The van der Waals surface area contributed by atoms with E-state index in [0.717, 1.165) is 45.1 Å². The first-order chi connectivity index (χ1) is 11.0. The van der Waals surface area contributed by atoms with E-state index in [1.807, 2.05) is 0 Å². The lowest BCUT2D eigenvalue weighted by Gasteiger charge is -2.00. The minimum absolute atomic E-state index is 0.278. The number of nitrogens with two attached hydrogens (primary N) is 2. The third kappa shape index (κ3) is 29.5. The molecule has 0 saturated carbocycles. The van der Waals surface area contributed by atoms with Crippen LogP contribution in [0.3, 0.4) is 0 Å². The van der Waals surface area contributed by atoms with Crippen molar-refractivity contribution in [3.05, 3.63) is 0 Å². The van der Waals surface area contributed by atoms with Crippen LogP contribution in [-0.4, -0.2) is 35.2 Å². The first-order valence-electron chi connectivity index (χ1n) is 8.88. The van der Waals surface area contributed by atoms with Gasteiger partial charge in [0.2, 0.25) is 0 Å². The van der Waals surface area contributed by atoms with Crippen molar-refractivity contribution < 1.29 is 19.8 Å². The topological polar surface area (TPSA) is 127 Å². The minimum atomic E-state index is -0.716. The summed E-state index contributed by atoms with van der Waals surface area (Å²) in [7, 11) is 0. The Morgan fingerprint density at radius 2 is 0.783 bits per heavy atom. The Bertz CT molecular complexity index is 273. The van der Waals surface area contributed by atoms with Gasteiger partial charge in [-0.25, -0.2) is 0 Å². The maximum atomic E-state index is 10.2. The number of hydrogen-bond acceptors (Lipinski definition) is 4. The summed E-state index contributed by atoms with van der Waals surface area (Å²) in [5, 5.41) is 16.6. The molecule has 0 unspecified atom stereocenters. The standard InChI is InChI=1S/C11H23NO2.C6H13NO2/c12-10-8-6-4-2-1-3-5-7-9-11(13)14;7-5-3-1-2-4-6(8)9/h1-10,12H2,(H,13,14);1-5,7H2,(H,8,9). The molecule has 0 spiro atoms. The van der Waals surface area contributed by atoms with Gasteiger partial charge < -0.3 is 21.7 Å². The van der Waals surface area contributed by atoms with Crippen molar-refractivity contribution in [2.45, 2.75) is 83.5 Å². The number of unbranched alkanes of at least 4 members (excludes halogenated alkanes) is 9. The SMILES string of the molecule is NCCCCCC(=O)O.NCCCCCCCCCCC(=O)O. The second-order valence-electron chi connectivity index (χ2n) is 5.75. The minimum Gasteiger partial charge on any atom is -0.481 e. The molecule has 6 heteroatoms. The molecule has 0 aromatic heterocycles. The highest BCUT2D eigenvalue weighted by molar-refractivity contribution is 5.66. The summed E-state index contributed by atoms with van der Waals surface area (Å²) >= 11 is 0. The van der Waals surface area contributed by atoms with Crippen LogP contribution >= 0.6 is 0 Å². The van der Waals surface area contributed by atoms with E-state index in [9.17, 15) is 9.59 Å². The van der Waals surface area contributed by atoms with Gasteiger partial charge in [0.15, 0.2) is 0 Å². The zero-order chi connectivity index (χ0) is 17.8. The summed E-state index contributed by atoms with van der Waals surface area (Å²) in [5.74, 6) is -1.39. The Hall–Kier alpha value is -1.14. The van der Waals surface area contributed by atoms with Gasteiger partial charge in [-0.15, -0.1) is 0 Å². The summed E-state index contributed by atoms with van der Waals surface area (Å²) in [5.41, 5.74) is 10.6. The average molecular weight is 332 g/mol. The van der Waals surface area contributed by atoms with Gasteiger partial charge in [-0.05, 0) is 38.8 Å². The molecule has 0 bridgehead atoms. The molecule has 0 heterocycles. The Morgan fingerprint density at radius 1 is 0.522 bits per heavy atom. The molecule has 0 saturated heterocycles. The summed E-state index contributed by atoms with van der Waals surface area (Å²) < 4.78 is 0. The predicted molar refractivity (Wildman–Crippen MR) is 93.4 cm³/mol. The molecule has 0 aliphatic rings. The third-order valence-corrected chi connectivity index (χ3v) is 3.44. The fraction of sp³-hybridized carbons (Fsp3) is 0.882. The molecular weight excluding hydrogens is 296 g/mol. The average Bonchev–Trinajstić information content (AvgIpc) is 2.50. The molecule has 0 amide bonds. The van der Waals surface area contributed by atoms with E-state index < -0.39 is 11.9 Å². The molecule has 138 valence electrons. The summed E-state index contributed by atoms with van der Waals surface area (Å²) in [6, 6.07) is 0. The van der Waals surface area contributed by atoms with Crippen molar-refractivity contribution in [3.63, 3.8) is 0 Å². The van der Waals surface area contributed by atoms with Gasteiger partial charge in [0.1, 0.15) is 0 Å². The van der Waals surface area contributed by atoms with Gasteiger partial charge in [0, 0.05) is 12.8 Å². The summed E-state index contributed by atoms with van der Waals surface area (Å²) in [4.78, 5) is 20.1. The van der Waals surface area contributed by atoms with Gasteiger partial charge in [-0.3, -0.25) is 9.59 Å². The molecule has 6 nitrogen and oxygen atoms in total. The highest BCUT2D eigenvalue weighted by Gasteiger charge is 1.96. The predicted octanol–water partition coefficient (Wildman–Crippen LogP) is 3.13. The Kier molecular flexibility index (Phi) is 21.9. The fourth-order valence-corrected chi connectivity index (χ4v) is 2.08. The number of carbonyl (C=O) groups is 2. The lowest BCUT2D eigenvalue weighted by Crippen LogP contribution is -1.99. The lowest BCUT2D eigenvalue weighted by molar-refractivity contribution is -0.138. The number of rotatable bonds is 15. The molecule has 0 radical (unpaired) electrons. The monoisotopic (exact) mass is 332 g/mol. The second-order valence-corrected chi connectivity index (χ2v) is 5.75. The van der Waals surface area contributed by atoms with E-state index in [1.165, 1.54) is 32.1 Å². The van der Waals surface area contributed by atoms with E-state index in [1.54, 1.807) is 0 Å². The van der Waals surface area contributed by atoms with Gasteiger partial charge in [-0.1, -0.05) is 44.9 Å². The molecule has 0 aliphatic carbocycles. The van der Waals surface area contributed by atoms with Crippen LogP contribution in [-0.2, 0) is 9.59 Å². The Balaban J connectivity index is 0. The van der Waals surface area contributed by atoms with E-state index in [-0.39, 0.29) is 6.42 Å². The molecule has 0 aromatic rings. The zero-order valence-electron chi connectivity index (χ0n) is 14.5. The van der Waals surface area contributed by atoms with Crippen molar-refractivity contribution in [1.29, 1.82) is 0 Å². The van der Waals surface area contributed by atoms with Crippen LogP contribution in [0.25, 0.3) is 0 Å². The van der Waals surface area contributed by atoms with E-state index in [0.29, 0.717) is 13.0 Å². The van der Waals surface area contributed by atoms with Crippen LogP contribution in [0.1, 0.15) is 83.5 Å². The first-order valence-corrected chi connectivity index (χ1v) is 8.88. The van der Waals surface area contributed by atoms with Gasteiger partial charge in [0.25, 0.3) is 0 Å². The van der Waals surface area contributed by atoms with Crippen LogP contribution in [0.5, 0.6) is 0 Å². The molecule has 0 aliphatic heterocycles. The quantitative estimate of drug-likeness (QED) is 0.341. The van der Waals surface area contributed by atoms with Gasteiger partial charge >= 0.3 is 11.9 Å². The number of carboxylic acid groups (broad SMARTS) is 2. The fourth-order valence-electron chi connectivity index (χ4n) is 2.08. The summed E-state index contributed by atoms with van der Waals surface area (Å²) in [6.45, 7) is 1.47. The van der Waals surface area contributed by atoms with Crippen LogP contribution in [0.2, 0.25) is 0 Å². The maximum absolute atomic E-state index is 10.2. The zero-order valence-corrected chi connectivity index (χ0v) is 14.5.